The molecule has 0 unspecified atom stereocenters. The molecule has 0 radical (unpaired) electrons. The Morgan fingerprint density at radius 3 is 2.92 bits per heavy atom. The molecule has 5 heterocycles. The molecule has 2 aliphatic heterocycles. The minimum Gasteiger partial charge on any atom is -0.468 e. The monoisotopic (exact) mass is 336 g/mol. The van der Waals surface area contributed by atoms with Crippen molar-refractivity contribution in [1.29, 1.82) is 0 Å². The molecule has 3 aromatic rings. The third kappa shape index (κ3) is 2.33. The fourth-order valence-electron chi connectivity index (χ4n) is 4.38. The standard InChI is InChI=1S/C20H24N4O/c1-20(2,3)18-10-19-21-11-15-16-7-6-13(9-17(15)24(19)22-18)23(16)12-14-5-4-8-25-14/h4-5,8,10-11,13,16H,6-7,9,12H2,1-3H3/t13-,16-/m1/s1. The maximum absolute atomic E-state index is 5.58. The SMILES string of the molecule is CC(C)(C)c1cc2ncc3c(n2n1)C[C@H]1CC[C@H]3N1Cc1ccco1. The van der Waals surface area contributed by atoms with Crippen LogP contribution in [0.15, 0.2) is 35.1 Å². The molecule has 0 amide bonds. The quantitative estimate of drug-likeness (QED) is 0.712. The van der Waals surface area contributed by atoms with E-state index in [1.165, 1.54) is 24.1 Å². The van der Waals surface area contributed by atoms with E-state index in [4.69, 9.17) is 14.5 Å². The molecule has 5 nitrogen and oxygen atoms in total. The van der Waals surface area contributed by atoms with Crippen LogP contribution in [-0.2, 0) is 18.4 Å². The van der Waals surface area contributed by atoms with E-state index in [2.05, 4.69) is 48.5 Å². The van der Waals surface area contributed by atoms with E-state index in [1.54, 1.807) is 6.26 Å². The fourth-order valence-corrected chi connectivity index (χ4v) is 4.38. The highest BCUT2D eigenvalue weighted by molar-refractivity contribution is 5.45. The normalized spacial score (nSPS) is 23.3. The molecule has 0 spiro atoms. The third-order valence-electron chi connectivity index (χ3n) is 5.73. The first kappa shape index (κ1) is 15.1. The number of nitrogens with zero attached hydrogens (tertiary/aromatic N) is 4. The smallest absolute Gasteiger partial charge is 0.155 e. The first-order valence-electron chi connectivity index (χ1n) is 9.17. The van der Waals surface area contributed by atoms with Crippen molar-refractivity contribution in [3.63, 3.8) is 0 Å². The van der Waals surface area contributed by atoms with Gasteiger partial charge in [0.25, 0.3) is 0 Å². The third-order valence-corrected chi connectivity index (χ3v) is 5.73. The van der Waals surface area contributed by atoms with Crippen molar-refractivity contribution in [2.24, 2.45) is 0 Å². The van der Waals surface area contributed by atoms with Gasteiger partial charge in [-0.05, 0) is 25.0 Å². The molecular formula is C20H24N4O. The lowest BCUT2D eigenvalue weighted by Crippen LogP contribution is -2.38. The van der Waals surface area contributed by atoms with Gasteiger partial charge in [0.1, 0.15) is 5.76 Å². The van der Waals surface area contributed by atoms with Gasteiger partial charge in [-0.2, -0.15) is 5.10 Å². The zero-order valence-electron chi connectivity index (χ0n) is 15.1. The molecule has 5 heteroatoms. The minimum absolute atomic E-state index is 0.0412. The van der Waals surface area contributed by atoms with E-state index in [9.17, 15) is 0 Å². The number of furan rings is 1. The van der Waals surface area contributed by atoms with E-state index >= 15 is 0 Å². The summed E-state index contributed by atoms with van der Waals surface area (Å²) in [6, 6.07) is 7.17. The Morgan fingerprint density at radius 2 is 2.16 bits per heavy atom. The lowest BCUT2D eigenvalue weighted by atomic mass is 9.93. The van der Waals surface area contributed by atoms with Crippen LogP contribution in [-0.4, -0.2) is 25.5 Å². The lowest BCUT2D eigenvalue weighted by molar-refractivity contribution is 0.152. The molecule has 1 fully saturated rings. The lowest BCUT2D eigenvalue weighted by Gasteiger charge is -2.35. The Bertz CT molecular complexity index is 919. The van der Waals surface area contributed by atoms with Gasteiger partial charge in [0.15, 0.2) is 5.65 Å². The minimum atomic E-state index is 0.0412. The van der Waals surface area contributed by atoms with Gasteiger partial charge in [-0.1, -0.05) is 20.8 Å². The average molecular weight is 336 g/mol. The van der Waals surface area contributed by atoms with Crippen molar-refractivity contribution in [3.8, 4) is 0 Å². The molecule has 25 heavy (non-hydrogen) atoms. The summed E-state index contributed by atoms with van der Waals surface area (Å²) in [7, 11) is 0. The molecule has 2 aliphatic rings. The molecular weight excluding hydrogens is 312 g/mol. The van der Waals surface area contributed by atoms with Gasteiger partial charge in [-0.25, -0.2) is 9.50 Å². The molecule has 2 atom stereocenters. The van der Waals surface area contributed by atoms with Crippen LogP contribution >= 0.6 is 0 Å². The van der Waals surface area contributed by atoms with Crippen molar-refractivity contribution in [1.82, 2.24) is 19.5 Å². The Morgan fingerprint density at radius 1 is 1.28 bits per heavy atom. The summed E-state index contributed by atoms with van der Waals surface area (Å²) in [6.07, 6.45) is 7.31. The fraction of sp³-hybridized carbons (Fsp3) is 0.500. The average Bonchev–Trinajstić information content (AvgIpc) is 3.27. The zero-order valence-corrected chi connectivity index (χ0v) is 15.1. The molecule has 2 bridgehead atoms. The second-order valence-corrected chi connectivity index (χ2v) is 8.41. The Labute approximate surface area is 147 Å². The van der Waals surface area contributed by atoms with Crippen LogP contribution < -0.4 is 0 Å². The van der Waals surface area contributed by atoms with Crippen LogP contribution in [0.2, 0.25) is 0 Å². The van der Waals surface area contributed by atoms with E-state index < -0.39 is 0 Å². The largest absolute Gasteiger partial charge is 0.468 e. The van der Waals surface area contributed by atoms with Gasteiger partial charge in [0, 0.05) is 41.7 Å². The van der Waals surface area contributed by atoms with E-state index in [0.717, 1.165) is 30.1 Å². The number of hydrogen-bond donors (Lipinski definition) is 0. The van der Waals surface area contributed by atoms with Gasteiger partial charge in [-0.3, -0.25) is 4.90 Å². The number of rotatable bonds is 2. The molecule has 0 aromatic carbocycles. The van der Waals surface area contributed by atoms with Crippen LogP contribution in [0, 0.1) is 0 Å². The maximum atomic E-state index is 5.58. The molecule has 0 aliphatic carbocycles. The molecule has 130 valence electrons. The highest BCUT2D eigenvalue weighted by Crippen LogP contribution is 2.44. The molecule has 1 saturated heterocycles. The second kappa shape index (κ2) is 5.18. The van der Waals surface area contributed by atoms with Crippen molar-refractivity contribution in [3.05, 3.63) is 53.4 Å². The highest BCUT2D eigenvalue weighted by Gasteiger charge is 2.41. The Hall–Kier alpha value is -2.14. The van der Waals surface area contributed by atoms with Crippen molar-refractivity contribution >= 4 is 5.65 Å². The first-order valence-corrected chi connectivity index (χ1v) is 9.17. The Kier molecular flexibility index (Phi) is 3.14. The van der Waals surface area contributed by atoms with Crippen LogP contribution in [0.1, 0.15) is 62.4 Å². The van der Waals surface area contributed by atoms with Crippen molar-refractivity contribution < 1.29 is 4.42 Å². The van der Waals surface area contributed by atoms with E-state index in [-0.39, 0.29) is 5.41 Å². The molecule has 3 aromatic heterocycles. The van der Waals surface area contributed by atoms with Gasteiger partial charge < -0.3 is 4.42 Å². The molecule has 0 N–H and O–H groups in total. The van der Waals surface area contributed by atoms with E-state index in [0.29, 0.717) is 12.1 Å². The van der Waals surface area contributed by atoms with Crippen LogP contribution in [0.5, 0.6) is 0 Å². The Balaban J connectivity index is 1.57. The summed E-state index contributed by atoms with van der Waals surface area (Å²) in [5.41, 5.74) is 4.82. The zero-order chi connectivity index (χ0) is 17.2. The van der Waals surface area contributed by atoms with E-state index in [1.807, 2.05) is 6.07 Å². The van der Waals surface area contributed by atoms with Crippen LogP contribution in [0.4, 0.5) is 0 Å². The number of fused-ring (bicyclic) bond motifs is 6. The van der Waals surface area contributed by atoms with Gasteiger partial charge in [0.2, 0.25) is 0 Å². The van der Waals surface area contributed by atoms with Crippen molar-refractivity contribution in [2.75, 3.05) is 0 Å². The summed E-state index contributed by atoms with van der Waals surface area (Å²) < 4.78 is 7.69. The predicted molar refractivity (Wildman–Crippen MR) is 95.4 cm³/mol. The van der Waals surface area contributed by atoms with Crippen LogP contribution in [0.3, 0.4) is 0 Å². The summed E-state index contributed by atoms with van der Waals surface area (Å²) in [5.74, 6) is 1.04. The first-order chi connectivity index (χ1) is 12.0. The van der Waals surface area contributed by atoms with Gasteiger partial charge in [0.05, 0.1) is 24.2 Å². The summed E-state index contributed by atoms with van der Waals surface area (Å²) in [4.78, 5) is 7.31. The van der Waals surface area contributed by atoms with Gasteiger partial charge >= 0.3 is 0 Å². The summed E-state index contributed by atoms with van der Waals surface area (Å²) in [5, 5.41) is 4.91. The molecule has 5 rings (SSSR count). The van der Waals surface area contributed by atoms with Gasteiger partial charge in [-0.15, -0.1) is 0 Å². The topological polar surface area (TPSA) is 46.6 Å². The highest BCUT2D eigenvalue weighted by atomic mass is 16.3. The maximum Gasteiger partial charge on any atom is 0.155 e. The summed E-state index contributed by atoms with van der Waals surface area (Å²) >= 11 is 0. The number of hydrogen-bond acceptors (Lipinski definition) is 4. The van der Waals surface area contributed by atoms with Crippen molar-refractivity contribution in [2.45, 2.75) is 64.1 Å². The molecule has 0 saturated carbocycles. The number of aromatic nitrogens is 3. The predicted octanol–water partition coefficient (Wildman–Crippen LogP) is 3.88. The summed E-state index contributed by atoms with van der Waals surface area (Å²) in [6.45, 7) is 7.49. The second-order valence-electron chi connectivity index (χ2n) is 8.41. The van der Waals surface area contributed by atoms with Crippen LogP contribution in [0.25, 0.3) is 5.65 Å².